The number of rotatable bonds is 4. The van der Waals surface area contributed by atoms with E-state index in [1.54, 1.807) is 6.07 Å². The number of nitrogens with one attached hydrogen (secondary N) is 1. The first-order valence-corrected chi connectivity index (χ1v) is 7.50. The zero-order chi connectivity index (χ0) is 17.1. The molecule has 0 unspecified atom stereocenters. The van der Waals surface area contributed by atoms with Gasteiger partial charge < -0.3 is 5.32 Å². The molecule has 0 atom stereocenters. The maximum absolute atomic E-state index is 14.1. The van der Waals surface area contributed by atoms with Crippen LogP contribution in [-0.2, 0) is 10.2 Å². The van der Waals surface area contributed by atoms with Crippen LogP contribution in [0.25, 0.3) is 0 Å². The number of benzene rings is 1. The lowest BCUT2D eigenvalue weighted by Gasteiger charge is -2.19. The van der Waals surface area contributed by atoms with Crippen LogP contribution in [0, 0.1) is 11.2 Å². The number of hydrogen-bond acceptors (Lipinski definition) is 2. The molecule has 3 nitrogen and oxygen atoms in total. The van der Waals surface area contributed by atoms with Gasteiger partial charge in [0.15, 0.2) is 5.78 Å². The molecule has 0 spiro atoms. The normalized spacial score (nSPS) is 12.1. The number of carbonyl (C=O) groups is 2. The van der Waals surface area contributed by atoms with Crippen molar-refractivity contribution < 1.29 is 14.0 Å². The Morgan fingerprint density at radius 3 is 2.14 bits per heavy atom. The van der Waals surface area contributed by atoms with E-state index in [1.807, 2.05) is 41.5 Å². The molecule has 1 amide bonds. The van der Waals surface area contributed by atoms with Gasteiger partial charge in [-0.2, -0.15) is 0 Å². The second-order valence-corrected chi connectivity index (χ2v) is 7.90. The van der Waals surface area contributed by atoms with Crippen molar-refractivity contribution in [3.05, 3.63) is 35.1 Å². The summed E-state index contributed by atoms with van der Waals surface area (Å²) in [6.07, 6.45) is 0.374. The highest BCUT2D eigenvalue weighted by Gasteiger charge is 2.20. The van der Waals surface area contributed by atoms with Crippen LogP contribution in [0.15, 0.2) is 18.2 Å². The van der Waals surface area contributed by atoms with Gasteiger partial charge in [-0.15, -0.1) is 0 Å². The van der Waals surface area contributed by atoms with Gasteiger partial charge in [-0.1, -0.05) is 47.6 Å². The lowest BCUT2D eigenvalue weighted by atomic mass is 9.86. The molecule has 0 aliphatic carbocycles. The Morgan fingerprint density at radius 2 is 1.68 bits per heavy atom. The highest BCUT2D eigenvalue weighted by atomic mass is 19.1. The Balaban J connectivity index is 2.73. The number of hydrogen-bond donors (Lipinski definition) is 1. The second kappa shape index (κ2) is 6.59. The summed E-state index contributed by atoms with van der Waals surface area (Å²) in [4.78, 5) is 23.7. The first-order valence-electron chi connectivity index (χ1n) is 7.50. The molecule has 0 saturated heterocycles. The highest BCUT2D eigenvalue weighted by Crippen LogP contribution is 2.24. The van der Waals surface area contributed by atoms with Gasteiger partial charge in [-0.05, 0) is 28.5 Å². The van der Waals surface area contributed by atoms with Crippen molar-refractivity contribution in [1.82, 2.24) is 5.32 Å². The summed E-state index contributed by atoms with van der Waals surface area (Å²) < 4.78 is 14.1. The fourth-order valence-electron chi connectivity index (χ4n) is 2.09. The molecule has 0 aliphatic rings. The van der Waals surface area contributed by atoms with Crippen molar-refractivity contribution >= 4 is 11.7 Å². The smallest absolute Gasteiger partial charge is 0.254 e. The molecule has 0 radical (unpaired) electrons. The van der Waals surface area contributed by atoms with Crippen LogP contribution < -0.4 is 5.32 Å². The molecular weight excluding hydrogens is 281 g/mol. The van der Waals surface area contributed by atoms with E-state index < -0.39 is 11.7 Å². The van der Waals surface area contributed by atoms with Gasteiger partial charge in [0.05, 0.1) is 12.1 Å². The third kappa shape index (κ3) is 5.58. The topological polar surface area (TPSA) is 46.2 Å². The Morgan fingerprint density at radius 1 is 1.09 bits per heavy atom. The van der Waals surface area contributed by atoms with Crippen molar-refractivity contribution in [3.8, 4) is 0 Å². The maximum Gasteiger partial charge on any atom is 0.254 e. The van der Waals surface area contributed by atoms with Gasteiger partial charge in [-0.25, -0.2) is 4.39 Å². The van der Waals surface area contributed by atoms with Gasteiger partial charge in [-0.3, -0.25) is 9.59 Å². The molecule has 0 fully saturated rings. The predicted molar refractivity (Wildman–Crippen MR) is 86.5 cm³/mol. The Bertz CT molecular complexity index is 565. The summed E-state index contributed by atoms with van der Waals surface area (Å²) in [5.41, 5.74) is 0.488. The Labute approximate surface area is 132 Å². The quantitative estimate of drug-likeness (QED) is 0.918. The monoisotopic (exact) mass is 307 g/mol. The summed E-state index contributed by atoms with van der Waals surface area (Å²) in [7, 11) is 0. The SMILES string of the molecule is CC(C)(C)CC(=O)CNC(=O)c1ccc(C(C)(C)C)cc1F. The Hall–Kier alpha value is -1.71. The molecule has 1 aromatic carbocycles. The average Bonchev–Trinajstić information content (AvgIpc) is 2.32. The van der Waals surface area contributed by atoms with Crippen molar-refractivity contribution in [2.24, 2.45) is 5.41 Å². The first kappa shape index (κ1) is 18.3. The first-order chi connectivity index (χ1) is 9.90. The fourth-order valence-corrected chi connectivity index (χ4v) is 2.09. The van der Waals surface area contributed by atoms with Crippen molar-refractivity contribution in [3.63, 3.8) is 0 Å². The van der Waals surface area contributed by atoms with Gasteiger partial charge in [0.1, 0.15) is 5.82 Å². The van der Waals surface area contributed by atoms with Crippen LogP contribution in [-0.4, -0.2) is 18.2 Å². The summed E-state index contributed by atoms with van der Waals surface area (Å²) >= 11 is 0. The number of Topliss-reactive ketones (excluding diaryl/α,β-unsaturated/α-hetero) is 1. The summed E-state index contributed by atoms with van der Waals surface area (Å²) in [5, 5.41) is 2.49. The number of halogens is 1. The minimum absolute atomic E-state index is 0.0310. The number of amides is 1. The highest BCUT2D eigenvalue weighted by molar-refractivity contribution is 5.97. The number of ketones is 1. The fraction of sp³-hybridized carbons (Fsp3) is 0.556. The lowest BCUT2D eigenvalue weighted by molar-refractivity contribution is -0.119. The van der Waals surface area contributed by atoms with Crippen LogP contribution in [0.2, 0.25) is 0 Å². The third-order valence-corrected chi connectivity index (χ3v) is 3.25. The minimum atomic E-state index is -0.562. The molecule has 0 heterocycles. The van der Waals surface area contributed by atoms with Gasteiger partial charge >= 0.3 is 0 Å². The van der Waals surface area contributed by atoms with E-state index in [-0.39, 0.29) is 28.7 Å². The average molecular weight is 307 g/mol. The third-order valence-electron chi connectivity index (χ3n) is 3.25. The molecule has 0 aliphatic heterocycles. The van der Waals surface area contributed by atoms with Crippen LogP contribution >= 0.6 is 0 Å². The van der Waals surface area contributed by atoms with E-state index >= 15 is 0 Å². The van der Waals surface area contributed by atoms with E-state index in [9.17, 15) is 14.0 Å². The maximum atomic E-state index is 14.1. The molecule has 1 N–H and O–H groups in total. The van der Waals surface area contributed by atoms with Gasteiger partial charge in [0.25, 0.3) is 5.91 Å². The van der Waals surface area contributed by atoms with E-state index in [0.29, 0.717) is 6.42 Å². The lowest BCUT2D eigenvalue weighted by Crippen LogP contribution is -2.31. The molecule has 0 aromatic heterocycles. The van der Waals surface area contributed by atoms with Crippen molar-refractivity contribution in [2.45, 2.75) is 53.4 Å². The number of carbonyl (C=O) groups excluding carboxylic acids is 2. The molecular formula is C18H26FNO2. The van der Waals surface area contributed by atoms with Crippen LogP contribution in [0.3, 0.4) is 0 Å². The van der Waals surface area contributed by atoms with Crippen LogP contribution in [0.5, 0.6) is 0 Å². The Kier molecular flexibility index (Phi) is 5.49. The van der Waals surface area contributed by atoms with Crippen molar-refractivity contribution in [2.75, 3.05) is 6.54 Å². The zero-order valence-corrected chi connectivity index (χ0v) is 14.3. The van der Waals surface area contributed by atoms with Gasteiger partial charge in [0.2, 0.25) is 0 Å². The minimum Gasteiger partial charge on any atom is -0.345 e. The van der Waals surface area contributed by atoms with Crippen molar-refractivity contribution in [1.29, 1.82) is 0 Å². The summed E-state index contributed by atoms with van der Waals surface area (Å²) in [5.74, 6) is -1.18. The molecule has 4 heteroatoms. The second-order valence-electron chi connectivity index (χ2n) is 7.90. The molecule has 1 aromatic rings. The summed E-state index contributed by atoms with van der Waals surface area (Å²) in [6, 6.07) is 4.60. The summed E-state index contributed by atoms with van der Waals surface area (Å²) in [6.45, 7) is 11.7. The zero-order valence-electron chi connectivity index (χ0n) is 14.3. The van der Waals surface area contributed by atoms with Crippen LogP contribution in [0.4, 0.5) is 4.39 Å². The van der Waals surface area contributed by atoms with Gasteiger partial charge in [0, 0.05) is 6.42 Å². The molecule has 22 heavy (non-hydrogen) atoms. The van der Waals surface area contributed by atoms with Crippen LogP contribution in [0.1, 0.15) is 63.9 Å². The standard InChI is InChI=1S/C18H26FNO2/c1-17(2,3)10-13(21)11-20-16(22)14-8-7-12(9-15(14)19)18(4,5)6/h7-9H,10-11H2,1-6H3,(H,20,22). The van der Waals surface area contributed by atoms with E-state index in [4.69, 9.17) is 0 Å². The molecule has 1 rings (SSSR count). The largest absolute Gasteiger partial charge is 0.345 e. The molecule has 122 valence electrons. The predicted octanol–water partition coefficient (Wildman–Crippen LogP) is 3.86. The molecule has 0 saturated carbocycles. The van der Waals surface area contributed by atoms with E-state index in [2.05, 4.69) is 5.32 Å². The molecule has 0 bridgehead atoms. The van der Waals surface area contributed by atoms with E-state index in [0.717, 1.165) is 5.56 Å². The van der Waals surface area contributed by atoms with E-state index in [1.165, 1.54) is 12.1 Å².